The van der Waals surface area contributed by atoms with E-state index in [0.29, 0.717) is 11.6 Å². The van der Waals surface area contributed by atoms with Crippen molar-refractivity contribution in [1.82, 2.24) is 15.3 Å². The predicted molar refractivity (Wildman–Crippen MR) is 72.3 cm³/mol. The maximum Gasteiger partial charge on any atom is 0.271 e. The highest BCUT2D eigenvalue weighted by molar-refractivity contribution is 5.92. The summed E-state index contributed by atoms with van der Waals surface area (Å²) in [7, 11) is 0. The van der Waals surface area contributed by atoms with Gasteiger partial charge in [0.15, 0.2) is 0 Å². The molecule has 0 saturated heterocycles. The largest absolute Gasteiger partial charge is 0.382 e. The number of hydrogen-bond donors (Lipinski definition) is 2. The van der Waals surface area contributed by atoms with Crippen LogP contribution in [-0.2, 0) is 0 Å². The van der Waals surface area contributed by atoms with Gasteiger partial charge in [0.05, 0.1) is 12.4 Å². The maximum atomic E-state index is 12.1. The molecule has 4 unspecified atom stereocenters. The van der Waals surface area contributed by atoms with Gasteiger partial charge >= 0.3 is 0 Å². The monoisotopic (exact) mass is 260 g/mol. The molecule has 2 aliphatic carbocycles. The van der Waals surface area contributed by atoms with Crippen LogP contribution in [0.25, 0.3) is 0 Å². The molecule has 2 aliphatic rings. The second kappa shape index (κ2) is 4.79. The van der Waals surface area contributed by atoms with E-state index in [1.807, 2.05) is 0 Å². The van der Waals surface area contributed by atoms with Gasteiger partial charge in [-0.3, -0.25) is 9.78 Å². The van der Waals surface area contributed by atoms with Crippen LogP contribution in [-0.4, -0.2) is 21.9 Å². The number of hydrogen-bond acceptors (Lipinski definition) is 4. The van der Waals surface area contributed by atoms with Crippen molar-refractivity contribution in [2.24, 2.45) is 17.8 Å². The number of carbonyl (C=O) groups is 1. The molecule has 0 aromatic carbocycles. The molecule has 4 atom stereocenters. The summed E-state index contributed by atoms with van der Waals surface area (Å²) in [6, 6.07) is 0.200. The number of fused-ring (bicyclic) bond motifs is 2. The molecule has 5 nitrogen and oxygen atoms in total. The average Bonchev–Trinajstić information content (AvgIpc) is 3.00. The fourth-order valence-electron chi connectivity index (χ4n) is 3.78. The van der Waals surface area contributed by atoms with Gasteiger partial charge in [-0.2, -0.15) is 0 Å². The lowest BCUT2D eigenvalue weighted by molar-refractivity contribution is 0.0910. The van der Waals surface area contributed by atoms with Crippen LogP contribution in [0.4, 0.5) is 5.82 Å². The molecule has 2 saturated carbocycles. The van der Waals surface area contributed by atoms with Gasteiger partial charge in [0.2, 0.25) is 0 Å². The Labute approximate surface area is 113 Å². The first-order chi connectivity index (χ1) is 9.13. The van der Waals surface area contributed by atoms with Crippen molar-refractivity contribution in [1.29, 1.82) is 0 Å². The summed E-state index contributed by atoms with van der Waals surface area (Å²) in [4.78, 5) is 20.0. The zero-order chi connectivity index (χ0) is 13.4. The van der Waals surface area contributed by atoms with Crippen molar-refractivity contribution in [3.63, 3.8) is 0 Å². The molecule has 2 bridgehead atoms. The molecule has 0 radical (unpaired) electrons. The van der Waals surface area contributed by atoms with Crippen LogP contribution < -0.4 is 11.1 Å². The molecule has 19 heavy (non-hydrogen) atoms. The van der Waals surface area contributed by atoms with Crippen molar-refractivity contribution in [3.05, 3.63) is 18.1 Å². The SMILES string of the molecule is CC(NC(=O)c1cncc(N)n1)C1CC2CCC1C2. The fourth-order valence-corrected chi connectivity index (χ4v) is 3.78. The molecule has 1 heterocycles. The third-order valence-electron chi connectivity index (χ3n) is 4.68. The minimum atomic E-state index is -0.171. The number of nitrogen functional groups attached to an aromatic ring is 1. The van der Waals surface area contributed by atoms with Gasteiger partial charge in [-0.15, -0.1) is 0 Å². The third kappa shape index (κ3) is 2.41. The van der Waals surface area contributed by atoms with Crippen LogP contribution >= 0.6 is 0 Å². The van der Waals surface area contributed by atoms with E-state index in [1.54, 1.807) is 0 Å². The van der Waals surface area contributed by atoms with E-state index in [-0.39, 0.29) is 17.8 Å². The Morgan fingerprint density at radius 3 is 2.89 bits per heavy atom. The van der Waals surface area contributed by atoms with Crippen LogP contribution in [0.15, 0.2) is 12.4 Å². The van der Waals surface area contributed by atoms with Crippen molar-refractivity contribution in [3.8, 4) is 0 Å². The number of carbonyl (C=O) groups excluding carboxylic acids is 1. The zero-order valence-electron chi connectivity index (χ0n) is 11.2. The van der Waals surface area contributed by atoms with Crippen LogP contribution in [0.1, 0.15) is 43.1 Å². The first kappa shape index (κ1) is 12.4. The molecule has 1 amide bonds. The second-order valence-corrected chi connectivity index (χ2v) is 5.93. The lowest BCUT2D eigenvalue weighted by Crippen LogP contribution is -2.40. The zero-order valence-corrected chi connectivity index (χ0v) is 11.2. The molecule has 2 fully saturated rings. The molecule has 1 aromatic rings. The number of aromatic nitrogens is 2. The summed E-state index contributed by atoms with van der Waals surface area (Å²) >= 11 is 0. The number of amides is 1. The molecular formula is C14H20N4O. The lowest BCUT2D eigenvalue weighted by atomic mass is 9.84. The summed E-state index contributed by atoms with van der Waals surface area (Å²) < 4.78 is 0. The number of nitrogens with two attached hydrogens (primary N) is 1. The Morgan fingerprint density at radius 1 is 1.42 bits per heavy atom. The van der Waals surface area contributed by atoms with E-state index in [9.17, 15) is 4.79 Å². The van der Waals surface area contributed by atoms with Gasteiger partial charge in [0, 0.05) is 6.04 Å². The molecule has 3 N–H and O–H groups in total. The summed E-state index contributed by atoms with van der Waals surface area (Å²) in [5, 5.41) is 3.05. The fraction of sp³-hybridized carbons (Fsp3) is 0.643. The third-order valence-corrected chi connectivity index (χ3v) is 4.68. The molecule has 0 aliphatic heterocycles. The highest BCUT2D eigenvalue weighted by atomic mass is 16.1. The van der Waals surface area contributed by atoms with Gasteiger partial charge in [0.25, 0.3) is 5.91 Å². The van der Waals surface area contributed by atoms with Crippen molar-refractivity contribution in [2.45, 2.75) is 38.6 Å². The van der Waals surface area contributed by atoms with Gasteiger partial charge in [-0.05, 0) is 43.9 Å². The summed E-state index contributed by atoms with van der Waals surface area (Å²) in [5.41, 5.74) is 5.85. The topological polar surface area (TPSA) is 80.9 Å². The lowest BCUT2D eigenvalue weighted by Gasteiger charge is -2.28. The quantitative estimate of drug-likeness (QED) is 0.865. The standard InChI is InChI=1S/C14H20N4O/c1-8(11-5-9-2-3-10(11)4-9)17-14(19)12-6-16-7-13(15)18-12/h6-11H,2-5H2,1H3,(H2,15,18)(H,17,19). The first-order valence-corrected chi connectivity index (χ1v) is 7.02. The number of nitrogens with one attached hydrogen (secondary N) is 1. The molecule has 5 heteroatoms. The van der Waals surface area contributed by atoms with Crippen molar-refractivity contribution < 1.29 is 4.79 Å². The van der Waals surface area contributed by atoms with Crippen molar-refractivity contribution >= 4 is 11.7 Å². The Hall–Kier alpha value is -1.65. The summed E-state index contributed by atoms with van der Waals surface area (Å²) in [5.74, 6) is 2.42. The first-order valence-electron chi connectivity index (χ1n) is 7.02. The predicted octanol–water partition coefficient (Wildman–Crippen LogP) is 1.61. The number of rotatable bonds is 3. The molecular weight excluding hydrogens is 240 g/mol. The Bertz CT molecular complexity index is 490. The molecule has 1 aromatic heterocycles. The highest BCUT2D eigenvalue weighted by Crippen LogP contribution is 2.49. The van der Waals surface area contributed by atoms with Crippen LogP contribution in [0, 0.1) is 17.8 Å². The second-order valence-electron chi connectivity index (χ2n) is 5.93. The maximum absolute atomic E-state index is 12.1. The van der Waals surface area contributed by atoms with E-state index in [4.69, 9.17) is 5.73 Å². The van der Waals surface area contributed by atoms with Gasteiger partial charge in [-0.1, -0.05) is 6.42 Å². The number of anilines is 1. The minimum absolute atomic E-state index is 0.171. The molecule has 0 spiro atoms. The number of nitrogens with zero attached hydrogens (tertiary/aromatic N) is 2. The highest BCUT2D eigenvalue weighted by Gasteiger charge is 2.42. The van der Waals surface area contributed by atoms with Gasteiger partial charge < -0.3 is 11.1 Å². The van der Waals surface area contributed by atoms with Crippen LogP contribution in [0.3, 0.4) is 0 Å². The van der Waals surface area contributed by atoms with E-state index in [1.165, 1.54) is 38.1 Å². The van der Waals surface area contributed by atoms with E-state index in [2.05, 4.69) is 22.2 Å². The molecule has 3 rings (SSSR count). The van der Waals surface area contributed by atoms with E-state index >= 15 is 0 Å². The van der Waals surface area contributed by atoms with E-state index < -0.39 is 0 Å². The Kier molecular flexibility index (Phi) is 3.12. The van der Waals surface area contributed by atoms with Crippen molar-refractivity contribution in [2.75, 3.05) is 5.73 Å². The van der Waals surface area contributed by atoms with Gasteiger partial charge in [-0.25, -0.2) is 4.98 Å². The normalized spacial score (nSPS) is 30.3. The van der Waals surface area contributed by atoms with Crippen LogP contribution in [0.2, 0.25) is 0 Å². The van der Waals surface area contributed by atoms with E-state index in [0.717, 1.165) is 11.8 Å². The Balaban J connectivity index is 1.63. The summed E-state index contributed by atoms with van der Waals surface area (Å²) in [6.45, 7) is 2.10. The van der Waals surface area contributed by atoms with Crippen LogP contribution in [0.5, 0.6) is 0 Å². The molecule has 102 valence electrons. The summed E-state index contributed by atoms with van der Waals surface area (Å²) in [6.07, 6.45) is 8.21. The van der Waals surface area contributed by atoms with Gasteiger partial charge in [0.1, 0.15) is 11.5 Å². The minimum Gasteiger partial charge on any atom is -0.382 e. The Morgan fingerprint density at radius 2 is 2.26 bits per heavy atom. The average molecular weight is 260 g/mol. The smallest absolute Gasteiger partial charge is 0.271 e.